The average molecular weight is 285 g/mol. The molecule has 20 heavy (non-hydrogen) atoms. The highest BCUT2D eigenvalue weighted by Gasteiger charge is 2.63. The van der Waals surface area contributed by atoms with Crippen molar-refractivity contribution in [2.45, 2.75) is 44.6 Å². The molecule has 0 aromatic rings. The maximum absolute atomic E-state index is 12.5. The average Bonchev–Trinajstić information content (AvgIpc) is 2.83. The van der Waals surface area contributed by atoms with Crippen molar-refractivity contribution in [1.29, 1.82) is 0 Å². The number of hydrogen-bond donors (Lipinski definition) is 0. The minimum absolute atomic E-state index is 0.0544. The second-order valence-corrected chi connectivity index (χ2v) is 5.50. The summed E-state index contributed by atoms with van der Waals surface area (Å²) in [6, 6.07) is 0. The number of ether oxygens (including phenoxy) is 4. The van der Waals surface area contributed by atoms with Crippen LogP contribution in [0, 0.1) is 0 Å². The van der Waals surface area contributed by atoms with Crippen LogP contribution in [0.15, 0.2) is 0 Å². The van der Waals surface area contributed by atoms with Gasteiger partial charge in [0.1, 0.15) is 12.6 Å². The molecule has 0 unspecified atom stereocenters. The third-order valence-electron chi connectivity index (χ3n) is 3.52. The molecule has 0 radical (unpaired) electrons. The summed E-state index contributed by atoms with van der Waals surface area (Å²) in [7, 11) is 0. The van der Waals surface area contributed by atoms with E-state index in [4.69, 9.17) is 18.9 Å². The third-order valence-corrected chi connectivity index (χ3v) is 3.52. The first-order valence-electron chi connectivity index (χ1n) is 6.29. The number of Topliss-reactive ketones (excluding diaryl/α,β-unsaturated/α-hetero) is 1. The summed E-state index contributed by atoms with van der Waals surface area (Å²) < 4.78 is 21.5. The quantitative estimate of drug-likeness (QED) is 0.608. The van der Waals surface area contributed by atoms with Crippen molar-refractivity contribution in [1.82, 2.24) is 4.90 Å². The van der Waals surface area contributed by atoms with Crippen LogP contribution < -0.4 is 0 Å². The van der Waals surface area contributed by atoms with E-state index in [2.05, 4.69) is 0 Å². The van der Waals surface area contributed by atoms with E-state index in [9.17, 15) is 14.4 Å². The molecule has 0 aromatic carbocycles. The lowest BCUT2D eigenvalue weighted by molar-refractivity contribution is -0.219. The molecule has 3 fully saturated rings. The molecule has 0 aromatic heterocycles. The summed E-state index contributed by atoms with van der Waals surface area (Å²) in [6.45, 7) is 4.39. The molecule has 3 rings (SSSR count). The Kier molecular flexibility index (Phi) is 2.69. The number of fused-ring (bicyclic) bond motifs is 1. The molecule has 0 saturated carbocycles. The molecule has 3 heterocycles. The number of carbonyl (C=O) groups is 3. The van der Waals surface area contributed by atoms with E-state index in [1.165, 1.54) is 6.92 Å². The minimum Gasteiger partial charge on any atom is -0.406 e. The number of imide groups is 1. The highest BCUT2D eigenvalue weighted by atomic mass is 16.8. The lowest BCUT2D eigenvalue weighted by Gasteiger charge is -2.33. The maximum Gasteiger partial charge on any atom is 0.419 e. The molecule has 3 saturated heterocycles. The Balaban J connectivity index is 1.85. The van der Waals surface area contributed by atoms with Crippen LogP contribution in [0.3, 0.4) is 0 Å². The predicted octanol–water partition coefficient (Wildman–Crippen LogP) is -0.199. The summed E-state index contributed by atoms with van der Waals surface area (Å²) in [5.74, 6) is -3.71. The Labute approximate surface area is 114 Å². The van der Waals surface area contributed by atoms with Crippen LogP contribution in [0.2, 0.25) is 0 Å². The van der Waals surface area contributed by atoms with Crippen molar-refractivity contribution >= 4 is 17.8 Å². The van der Waals surface area contributed by atoms with E-state index >= 15 is 0 Å². The SMILES string of the molecule is CC(=O)N1C[C@]2(OC[C@H]3OC(C)(C)O[C@H]3C2=O)OC1=O. The molecular formula is C12H15NO7. The van der Waals surface area contributed by atoms with Gasteiger partial charge in [0.25, 0.3) is 5.79 Å². The first-order chi connectivity index (χ1) is 9.24. The molecule has 110 valence electrons. The van der Waals surface area contributed by atoms with E-state index in [0.29, 0.717) is 0 Å². The molecule has 3 aliphatic rings. The zero-order valence-corrected chi connectivity index (χ0v) is 11.4. The lowest BCUT2D eigenvalue weighted by atomic mass is 9.99. The summed E-state index contributed by atoms with van der Waals surface area (Å²) in [4.78, 5) is 36.3. The van der Waals surface area contributed by atoms with E-state index in [-0.39, 0.29) is 13.2 Å². The number of rotatable bonds is 0. The van der Waals surface area contributed by atoms with Crippen molar-refractivity contribution < 1.29 is 33.3 Å². The largest absolute Gasteiger partial charge is 0.419 e. The zero-order chi connectivity index (χ0) is 14.7. The monoisotopic (exact) mass is 285 g/mol. The Morgan fingerprint density at radius 2 is 2.00 bits per heavy atom. The topological polar surface area (TPSA) is 91.4 Å². The van der Waals surface area contributed by atoms with Gasteiger partial charge < -0.3 is 18.9 Å². The molecular weight excluding hydrogens is 270 g/mol. The molecule has 0 bridgehead atoms. The number of nitrogens with zero attached hydrogens (tertiary/aromatic N) is 1. The zero-order valence-electron chi connectivity index (χ0n) is 11.4. The molecule has 0 N–H and O–H groups in total. The van der Waals surface area contributed by atoms with Gasteiger partial charge in [-0.15, -0.1) is 0 Å². The van der Waals surface area contributed by atoms with Gasteiger partial charge in [-0.1, -0.05) is 0 Å². The molecule has 3 atom stereocenters. The van der Waals surface area contributed by atoms with Gasteiger partial charge in [0.2, 0.25) is 11.7 Å². The summed E-state index contributed by atoms with van der Waals surface area (Å²) in [5, 5.41) is 0. The standard InChI is InChI=1S/C12H15NO7/c1-6(14)13-5-12(20-10(13)16)9(15)8-7(4-17-12)18-11(2,3)19-8/h7-8H,4-5H2,1-3H3/t7-,8-,12+/m1/s1. The number of carbonyl (C=O) groups excluding carboxylic acids is 3. The van der Waals surface area contributed by atoms with Gasteiger partial charge in [0, 0.05) is 6.92 Å². The van der Waals surface area contributed by atoms with Crippen LogP contribution in [-0.2, 0) is 28.5 Å². The van der Waals surface area contributed by atoms with Gasteiger partial charge in [-0.3, -0.25) is 9.59 Å². The van der Waals surface area contributed by atoms with Crippen LogP contribution in [-0.4, -0.2) is 59.6 Å². The first-order valence-corrected chi connectivity index (χ1v) is 6.29. The lowest BCUT2D eigenvalue weighted by Crippen LogP contribution is -2.59. The second kappa shape index (κ2) is 4.00. The maximum atomic E-state index is 12.5. The van der Waals surface area contributed by atoms with Gasteiger partial charge in [-0.25, -0.2) is 9.69 Å². The number of ketones is 1. The number of amides is 2. The summed E-state index contributed by atoms with van der Waals surface area (Å²) in [5.41, 5.74) is 0. The van der Waals surface area contributed by atoms with E-state index in [1.54, 1.807) is 13.8 Å². The van der Waals surface area contributed by atoms with Crippen LogP contribution in [0.5, 0.6) is 0 Å². The smallest absolute Gasteiger partial charge is 0.406 e. The third kappa shape index (κ3) is 1.83. The highest BCUT2D eigenvalue weighted by Crippen LogP contribution is 2.38. The molecule has 8 heteroatoms. The summed E-state index contributed by atoms with van der Waals surface area (Å²) >= 11 is 0. The van der Waals surface area contributed by atoms with Crippen molar-refractivity contribution in [2.75, 3.05) is 13.2 Å². The van der Waals surface area contributed by atoms with Gasteiger partial charge in [-0.2, -0.15) is 0 Å². The van der Waals surface area contributed by atoms with Gasteiger partial charge in [-0.05, 0) is 13.8 Å². The molecule has 0 aliphatic carbocycles. The van der Waals surface area contributed by atoms with Crippen LogP contribution in [0.25, 0.3) is 0 Å². The van der Waals surface area contributed by atoms with E-state index in [1.807, 2.05) is 0 Å². The van der Waals surface area contributed by atoms with Crippen molar-refractivity contribution in [2.24, 2.45) is 0 Å². The van der Waals surface area contributed by atoms with Crippen molar-refractivity contribution in [3.63, 3.8) is 0 Å². The number of hydrogen-bond acceptors (Lipinski definition) is 7. The van der Waals surface area contributed by atoms with Gasteiger partial charge in [0.05, 0.1) is 6.61 Å². The fourth-order valence-electron chi connectivity index (χ4n) is 2.63. The minimum atomic E-state index is -1.77. The Morgan fingerprint density at radius 1 is 1.30 bits per heavy atom. The van der Waals surface area contributed by atoms with Crippen LogP contribution in [0.4, 0.5) is 4.79 Å². The highest BCUT2D eigenvalue weighted by molar-refractivity contribution is 5.99. The van der Waals surface area contributed by atoms with Crippen molar-refractivity contribution in [3.05, 3.63) is 0 Å². The molecule has 8 nitrogen and oxygen atoms in total. The van der Waals surface area contributed by atoms with E-state index in [0.717, 1.165) is 4.90 Å². The van der Waals surface area contributed by atoms with Gasteiger partial charge in [0.15, 0.2) is 11.9 Å². The second-order valence-electron chi connectivity index (χ2n) is 5.50. The van der Waals surface area contributed by atoms with Crippen LogP contribution >= 0.6 is 0 Å². The predicted molar refractivity (Wildman–Crippen MR) is 61.4 cm³/mol. The summed E-state index contributed by atoms with van der Waals surface area (Å²) in [6.07, 6.45) is -2.28. The first kappa shape index (κ1) is 13.5. The van der Waals surface area contributed by atoms with E-state index < -0.39 is 41.6 Å². The molecule has 1 spiro atoms. The molecule has 2 amide bonds. The molecule has 3 aliphatic heterocycles. The van der Waals surface area contributed by atoms with Gasteiger partial charge >= 0.3 is 6.09 Å². The Bertz CT molecular complexity index is 502. The Hall–Kier alpha value is -1.51. The van der Waals surface area contributed by atoms with Crippen molar-refractivity contribution in [3.8, 4) is 0 Å². The normalized spacial score (nSPS) is 39.0. The Morgan fingerprint density at radius 3 is 2.60 bits per heavy atom. The fraction of sp³-hybridized carbons (Fsp3) is 0.750. The van der Waals surface area contributed by atoms with Crippen LogP contribution in [0.1, 0.15) is 20.8 Å². The fourth-order valence-corrected chi connectivity index (χ4v) is 2.63.